The van der Waals surface area contributed by atoms with E-state index >= 15 is 0 Å². The van der Waals surface area contributed by atoms with Crippen molar-refractivity contribution in [3.8, 4) is 0 Å². The van der Waals surface area contributed by atoms with Crippen LogP contribution in [0, 0.1) is 6.92 Å². The summed E-state index contributed by atoms with van der Waals surface area (Å²) in [6.45, 7) is 1.71. The van der Waals surface area contributed by atoms with Crippen LogP contribution in [0.15, 0.2) is 10.3 Å². The maximum absolute atomic E-state index is 12.7. The molecule has 0 spiro atoms. The maximum atomic E-state index is 12.7. The Hall–Kier alpha value is -1.45. The Morgan fingerprint density at radius 1 is 1.48 bits per heavy atom. The lowest BCUT2D eigenvalue weighted by Gasteiger charge is -2.21. The quantitative estimate of drug-likeness (QED) is 0.828. The van der Waals surface area contributed by atoms with Crippen LogP contribution < -0.4 is 0 Å². The highest BCUT2D eigenvalue weighted by atomic mass is 32.2. The minimum absolute atomic E-state index is 0.0222. The van der Waals surface area contributed by atoms with E-state index in [0.29, 0.717) is 12.0 Å². The number of carbonyl (C=O) groups is 2. The highest BCUT2D eigenvalue weighted by Crippen LogP contribution is 2.33. The van der Waals surface area contributed by atoms with Gasteiger partial charge in [0.25, 0.3) is 0 Å². The van der Waals surface area contributed by atoms with E-state index in [-0.39, 0.29) is 22.7 Å². The first-order valence-corrected chi connectivity index (χ1v) is 8.53. The molecular formula is C12H15NO6S2. The average Bonchev–Trinajstić information content (AvgIpc) is 3.04. The van der Waals surface area contributed by atoms with E-state index < -0.39 is 28.0 Å². The van der Waals surface area contributed by atoms with Gasteiger partial charge in [0.1, 0.15) is 15.8 Å². The third-order valence-corrected chi connectivity index (χ3v) is 6.65. The molecular weight excluding hydrogens is 318 g/mol. The predicted molar refractivity (Wildman–Crippen MR) is 74.9 cm³/mol. The first-order chi connectivity index (χ1) is 9.80. The highest BCUT2D eigenvalue weighted by molar-refractivity contribution is 7.89. The van der Waals surface area contributed by atoms with Crippen LogP contribution in [0.2, 0.25) is 0 Å². The number of aryl methyl sites for hydroxylation is 1. The van der Waals surface area contributed by atoms with Gasteiger partial charge in [-0.15, -0.1) is 11.3 Å². The summed E-state index contributed by atoms with van der Waals surface area (Å²) in [5.74, 6) is -1.92. The number of carboxylic acid groups (broad SMARTS) is 1. The summed E-state index contributed by atoms with van der Waals surface area (Å²) >= 11 is 0.976. The SMILES string of the molecule is COC(=O)c1scc(C)c1S(=O)(=O)N1CCC[C@H]1C(=O)O. The van der Waals surface area contributed by atoms with Crippen LogP contribution in [0.4, 0.5) is 0 Å². The smallest absolute Gasteiger partial charge is 0.349 e. The molecule has 1 fully saturated rings. The van der Waals surface area contributed by atoms with Gasteiger partial charge < -0.3 is 9.84 Å². The Morgan fingerprint density at radius 3 is 2.71 bits per heavy atom. The second kappa shape index (κ2) is 5.74. The number of rotatable bonds is 4. The standard InChI is InChI=1S/C12H15NO6S2/c1-7-6-20-9(12(16)19-2)10(7)21(17,18)13-5-3-4-8(13)11(14)15/h6,8H,3-5H2,1-2H3,(H,14,15)/t8-/m0/s1. The summed E-state index contributed by atoms with van der Waals surface area (Å²) in [5.41, 5.74) is 0.413. The molecule has 1 aliphatic rings. The van der Waals surface area contributed by atoms with Crippen LogP contribution >= 0.6 is 11.3 Å². The molecule has 2 rings (SSSR count). The molecule has 21 heavy (non-hydrogen) atoms. The van der Waals surface area contributed by atoms with Crippen LogP contribution in [0.3, 0.4) is 0 Å². The molecule has 0 aliphatic carbocycles. The zero-order valence-electron chi connectivity index (χ0n) is 11.5. The zero-order chi connectivity index (χ0) is 15.8. The molecule has 116 valence electrons. The molecule has 0 amide bonds. The topological polar surface area (TPSA) is 101 Å². The summed E-state index contributed by atoms with van der Waals surface area (Å²) in [6, 6.07) is -1.08. The van der Waals surface area contributed by atoms with Crippen LogP contribution in [-0.4, -0.2) is 49.5 Å². The van der Waals surface area contributed by atoms with Gasteiger partial charge in [0, 0.05) is 6.54 Å². The second-order valence-electron chi connectivity index (χ2n) is 4.68. The van der Waals surface area contributed by atoms with Gasteiger partial charge >= 0.3 is 11.9 Å². The summed E-state index contributed by atoms with van der Waals surface area (Å²) in [6.07, 6.45) is 0.748. The lowest BCUT2D eigenvalue weighted by Crippen LogP contribution is -2.40. The number of aliphatic carboxylic acids is 1. The van der Waals surface area contributed by atoms with Gasteiger partial charge in [-0.1, -0.05) is 0 Å². The van der Waals surface area contributed by atoms with E-state index in [9.17, 15) is 18.0 Å². The van der Waals surface area contributed by atoms with Gasteiger partial charge in [-0.2, -0.15) is 4.31 Å². The number of hydrogen-bond acceptors (Lipinski definition) is 6. The summed E-state index contributed by atoms with van der Waals surface area (Å²) in [7, 11) is -2.87. The number of hydrogen-bond donors (Lipinski definition) is 1. The largest absolute Gasteiger partial charge is 0.480 e. The van der Waals surface area contributed by atoms with Crippen LogP contribution in [0.1, 0.15) is 28.1 Å². The van der Waals surface area contributed by atoms with E-state index in [4.69, 9.17) is 5.11 Å². The maximum Gasteiger partial charge on any atom is 0.349 e. The molecule has 2 heterocycles. The van der Waals surface area contributed by atoms with Crippen molar-refractivity contribution in [2.24, 2.45) is 0 Å². The summed E-state index contributed by atoms with van der Waals surface area (Å²) in [4.78, 5) is 22.7. The number of carboxylic acids is 1. The van der Waals surface area contributed by atoms with Crippen LogP contribution in [-0.2, 0) is 19.6 Å². The zero-order valence-corrected chi connectivity index (χ0v) is 13.2. The molecule has 0 saturated carbocycles. The van der Waals surface area contributed by atoms with Crippen LogP contribution in [0.25, 0.3) is 0 Å². The van der Waals surface area contributed by atoms with E-state index in [2.05, 4.69) is 4.74 Å². The monoisotopic (exact) mass is 333 g/mol. The number of carbonyl (C=O) groups excluding carboxylic acids is 1. The molecule has 1 saturated heterocycles. The van der Waals surface area contributed by atoms with Gasteiger partial charge in [0.05, 0.1) is 7.11 Å². The molecule has 0 radical (unpaired) electrons. The predicted octanol–water partition coefficient (Wildman–Crippen LogP) is 1.08. The van der Waals surface area contributed by atoms with E-state index in [1.54, 1.807) is 12.3 Å². The van der Waals surface area contributed by atoms with E-state index in [0.717, 1.165) is 15.6 Å². The van der Waals surface area contributed by atoms with Crippen molar-refractivity contribution in [3.05, 3.63) is 15.8 Å². The number of thiophene rings is 1. The van der Waals surface area contributed by atoms with Crippen molar-refractivity contribution in [1.82, 2.24) is 4.31 Å². The fourth-order valence-electron chi connectivity index (χ4n) is 2.38. The Balaban J connectivity index is 2.52. The number of esters is 1. The van der Waals surface area contributed by atoms with E-state index in [1.165, 1.54) is 7.11 Å². The molecule has 1 N–H and O–H groups in total. The second-order valence-corrected chi connectivity index (χ2v) is 7.39. The molecule has 9 heteroatoms. The van der Waals surface area contributed by atoms with Gasteiger partial charge in [0.2, 0.25) is 10.0 Å². The van der Waals surface area contributed by atoms with E-state index in [1.807, 2.05) is 0 Å². The van der Waals surface area contributed by atoms with Crippen molar-refractivity contribution >= 4 is 33.3 Å². The van der Waals surface area contributed by atoms with Gasteiger partial charge in [-0.3, -0.25) is 4.79 Å². The van der Waals surface area contributed by atoms with Crippen molar-refractivity contribution in [3.63, 3.8) is 0 Å². The van der Waals surface area contributed by atoms with Gasteiger partial charge in [-0.25, -0.2) is 13.2 Å². The molecule has 0 aromatic carbocycles. The number of nitrogens with zero attached hydrogens (tertiary/aromatic N) is 1. The first kappa shape index (κ1) is 15.9. The molecule has 1 aromatic heterocycles. The third kappa shape index (κ3) is 2.68. The molecule has 1 aliphatic heterocycles. The Morgan fingerprint density at radius 2 is 2.14 bits per heavy atom. The molecule has 1 atom stereocenters. The lowest BCUT2D eigenvalue weighted by molar-refractivity contribution is -0.140. The highest BCUT2D eigenvalue weighted by Gasteiger charge is 2.42. The molecule has 0 unspecified atom stereocenters. The van der Waals surface area contributed by atoms with Gasteiger partial charge in [0.15, 0.2) is 0 Å². The lowest BCUT2D eigenvalue weighted by atomic mass is 10.2. The Bertz CT molecular complexity index is 678. The number of methoxy groups -OCH3 is 1. The minimum Gasteiger partial charge on any atom is -0.480 e. The molecule has 0 bridgehead atoms. The molecule has 1 aromatic rings. The Kier molecular flexibility index (Phi) is 4.35. The molecule has 7 nitrogen and oxygen atoms in total. The summed E-state index contributed by atoms with van der Waals surface area (Å²) < 4.78 is 31.0. The Labute approximate surface area is 126 Å². The fraction of sp³-hybridized carbons (Fsp3) is 0.500. The minimum atomic E-state index is -4.04. The van der Waals surface area contributed by atoms with Crippen molar-refractivity contribution in [1.29, 1.82) is 0 Å². The van der Waals surface area contributed by atoms with Crippen LogP contribution in [0.5, 0.6) is 0 Å². The third-order valence-electron chi connectivity index (χ3n) is 3.34. The fourth-order valence-corrected chi connectivity index (χ4v) is 5.69. The van der Waals surface area contributed by atoms with Crippen molar-refractivity contribution in [2.75, 3.05) is 13.7 Å². The number of sulfonamides is 1. The van der Waals surface area contributed by atoms with Gasteiger partial charge in [-0.05, 0) is 30.7 Å². The summed E-state index contributed by atoms with van der Waals surface area (Å²) in [5, 5.41) is 10.7. The average molecular weight is 333 g/mol. The first-order valence-electron chi connectivity index (χ1n) is 6.21. The number of ether oxygens (including phenoxy) is 1. The van der Waals surface area contributed by atoms with Crippen molar-refractivity contribution in [2.45, 2.75) is 30.7 Å². The van der Waals surface area contributed by atoms with Crippen molar-refractivity contribution < 1.29 is 27.9 Å². The normalized spacial score (nSPS) is 19.6.